The first kappa shape index (κ1) is 11.6. The molecule has 2 heterocycles. The molecule has 3 aromatic rings. The zero-order valence-corrected chi connectivity index (χ0v) is 9.46. The molecule has 0 saturated heterocycles. The SMILES string of the molecule is FC(F)(F)c1ccc(-c2cn3ccnnc3n2)cc1. The van der Waals surface area contributed by atoms with Gasteiger partial charge in [0.15, 0.2) is 0 Å². The normalized spacial score (nSPS) is 11.9. The molecule has 19 heavy (non-hydrogen) atoms. The number of imidazole rings is 1. The van der Waals surface area contributed by atoms with Gasteiger partial charge in [-0.2, -0.15) is 18.3 Å². The Kier molecular flexibility index (Phi) is 2.48. The number of hydrogen-bond donors (Lipinski definition) is 0. The van der Waals surface area contributed by atoms with Crippen molar-refractivity contribution in [1.29, 1.82) is 0 Å². The van der Waals surface area contributed by atoms with Crippen molar-refractivity contribution in [2.45, 2.75) is 6.18 Å². The van der Waals surface area contributed by atoms with Crippen LogP contribution in [0.2, 0.25) is 0 Å². The third kappa shape index (κ3) is 2.14. The molecular formula is C12H7F3N4. The van der Waals surface area contributed by atoms with Gasteiger partial charge in [0.25, 0.3) is 5.78 Å². The number of nitrogens with zero attached hydrogens (tertiary/aromatic N) is 4. The number of halogens is 3. The van der Waals surface area contributed by atoms with E-state index in [9.17, 15) is 13.2 Å². The first-order valence-corrected chi connectivity index (χ1v) is 5.38. The van der Waals surface area contributed by atoms with Gasteiger partial charge in [-0.25, -0.2) is 4.98 Å². The molecular weight excluding hydrogens is 257 g/mol. The molecule has 1 aromatic carbocycles. The molecule has 7 heteroatoms. The van der Waals surface area contributed by atoms with E-state index in [-0.39, 0.29) is 0 Å². The molecule has 0 aliphatic rings. The molecule has 0 fully saturated rings. The van der Waals surface area contributed by atoms with Crippen molar-refractivity contribution >= 4 is 5.78 Å². The highest BCUT2D eigenvalue weighted by Gasteiger charge is 2.30. The molecule has 2 aromatic heterocycles. The summed E-state index contributed by atoms with van der Waals surface area (Å²) >= 11 is 0. The topological polar surface area (TPSA) is 43.1 Å². The number of alkyl halides is 3. The first-order chi connectivity index (χ1) is 9.04. The molecule has 0 saturated carbocycles. The minimum atomic E-state index is -4.33. The van der Waals surface area contributed by atoms with Gasteiger partial charge in [-0.3, -0.25) is 4.40 Å². The van der Waals surface area contributed by atoms with Crippen LogP contribution in [0.4, 0.5) is 13.2 Å². The van der Waals surface area contributed by atoms with Crippen LogP contribution in [0.15, 0.2) is 42.9 Å². The van der Waals surface area contributed by atoms with E-state index in [0.717, 1.165) is 12.1 Å². The van der Waals surface area contributed by atoms with E-state index >= 15 is 0 Å². The maximum atomic E-state index is 12.5. The molecule has 0 radical (unpaired) electrons. The van der Waals surface area contributed by atoms with Crippen LogP contribution < -0.4 is 0 Å². The Morgan fingerprint density at radius 2 is 1.79 bits per heavy atom. The standard InChI is InChI=1S/C12H7F3N4/c13-12(14,15)9-3-1-8(2-4-9)10-7-19-6-5-16-18-11(19)17-10/h1-7H. The highest BCUT2D eigenvalue weighted by Crippen LogP contribution is 2.30. The lowest BCUT2D eigenvalue weighted by molar-refractivity contribution is -0.137. The lowest BCUT2D eigenvalue weighted by atomic mass is 10.1. The van der Waals surface area contributed by atoms with Gasteiger partial charge < -0.3 is 0 Å². The Labute approximate surface area is 105 Å². The number of benzene rings is 1. The molecule has 0 atom stereocenters. The van der Waals surface area contributed by atoms with Crippen LogP contribution in [0.3, 0.4) is 0 Å². The van der Waals surface area contributed by atoms with Crippen LogP contribution in [0, 0.1) is 0 Å². The maximum absolute atomic E-state index is 12.5. The van der Waals surface area contributed by atoms with Gasteiger partial charge in [-0.05, 0) is 12.1 Å². The monoisotopic (exact) mass is 264 g/mol. The van der Waals surface area contributed by atoms with Gasteiger partial charge in [0.05, 0.1) is 17.5 Å². The summed E-state index contributed by atoms with van der Waals surface area (Å²) in [5, 5.41) is 7.49. The minimum Gasteiger partial charge on any atom is -0.288 e. The number of rotatable bonds is 1. The van der Waals surface area contributed by atoms with Crippen molar-refractivity contribution in [3.05, 3.63) is 48.4 Å². The maximum Gasteiger partial charge on any atom is 0.416 e. The molecule has 0 bridgehead atoms. The Morgan fingerprint density at radius 3 is 2.42 bits per heavy atom. The van der Waals surface area contributed by atoms with E-state index in [1.165, 1.54) is 18.3 Å². The predicted octanol–water partition coefficient (Wildman–Crippen LogP) is 2.81. The summed E-state index contributed by atoms with van der Waals surface area (Å²) in [4.78, 5) is 4.18. The summed E-state index contributed by atoms with van der Waals surface area (Å²) in [7, 11) is 0. The molecule has 96 valence electrons. The second-order valence-corrected chi connectivity index (χ2v) is 3.92. The van der Waals surface area contributed by atoms with Crippen molar-refractivity contribution < 1.29 is 13.2 Å². The molecule has 0 aliphatic heterocycles. The van der Waals surface area contributed by atoms with Crippen molar-refractivity contribution in [3.8, 4) is 11.3 Å². The average molecular weight is 264 g/mol. The van der Waals surface area contributed by atoms with Crippen LogP contribution in [-0.2, 0) is 6.18 Å². The van der Waals surface area contributed by atoms with Gasteiger partial charge in [-0.15, -0.1) is 5.10 Å². The summed E-state index contributed by atoms with van der Waals surface area (Å²) in [5.74, 6) is 0.400. The van der Waals surface area contributed by atoms with Crippen LogP contribution in [-0.4, -0.2) is 19.6 Å². The molecule has 0 aliphatic carbocycles. The number of hydrogen-bond acceptors (Lipinski definition) is 3. The highest BCUT2D eigenvalue weighted by atomic mass is 19.4. The summed E-state index contributed by atoms with van der Waals surface area (Å²) in [6, 6.07) is 4.84. The second-order valence-electron chi connectivity index (χ2n) is 3.92. The van der Waals surface area contributed by atoms with Crippen molar-refractivity contribution in [2.24, 2.45) is 0 Å². The zero-order chi connectivity index (χ0) is 13.5. The Bertz CT molecular complexity index is 683. The van der Waals surface area contributed by atoms with Crippen molar-refractivity contribution in [2.75, 3.05) is 0 Å². The number of fused-ring (bicyclic) bond motifs is 1. The molecule has 4 nitrogen and oxygen atoms in total. The van der Waals surface area contributed by atoms with Crippen LogP contribution >= 0.6 is 0 Å². The predicted molar refractivity (Wildman–Crippen MR) is 61.2 cm³/mol. The van der Waals surface area contributed by atoms with Gasteiger partial charge in [-0.1, -0.05) is 12.1 Å². The minimum absolute atomic E-state index is 0.400. The van der Waals surface area contributed by atoms with Crippen LogP contribution in [0.1, 0.15) is 5.56 Å². The number of aromatic nitrogens is 4. The van der Waals surface area contributed by atoms with Gasteiger partial charge in [0.1, 0.15) is 0 Å². The second kappa shape index (κ2) is 4.04. The lowest BCUT2D eigenvalue weighted by Gasteiger charge is -2.06. The first-order valence-electron chi connectivity index (χ1n) is 5.38. The van der Waals surface area contributed by atoms with E-state index in [0.29, 0.717) is 17.0 Å². The zero-order valence-electron chi connectivity index (χ0n) is 9.46. The van der Waals surface area contributed by atoms with Crippen molar-refractivity contribution in [1.82, 2.24) is 19.6 Å². The summed E-state index contributed by atoms with van der Waals surface area (Å²) in [5.41, 5.74) is 0.465. The fourth-order valence-electron chi connectivity index (χ4n) is 1.72. The summed E-state index contributed by atoms with van der Waals surface area (Å²) in [6.07, 6.45) is 0.531. The summed E-state index contributed by atoms with van der Waals surface area (Å²) in [6.45, 7) is 0. The Hall–Kier alpha value is -2.44. The van der Waals surface area contributed by atoms with E-state index in [1.807, 2.05) is 0 Å². The van der Waals surface area contributed by atoms with Gasteiger partial charge >= 0.3 is 6.18 Å². The molecule has 3 rings (SSSR count). The van der Waals surface area contributed by atoms with E-state index < -0.39 is 11.7 Å². The summed E-state index contributed by atoms with van der Waals surface area (Å²) < 4.78 is 39.0. The van der Waals surface area contributed by atoms with Crippen LogP contribution in [0.25, 0.3) is 17.0 Å². The van der Waals surface area contributed by atoms with E-state index in [4.69, 9.17) is 0 Å². The molecule has 0 spiro atoms. The third-order valence-electron chi connectivity index (χ3n) is 2.66. The van der Waals surface area contributed by atoms with Crippen molar-refractivity contribution in [3.63, 3.8) is 0 Å². The molecule has 0 N–H and O–H groups in total. The smallest absolute Gasteiger partial charge is 0.288 e. The molecule has 0 amide bonds. The largest absolute Gasteiger partial charge is 0.416 e. The molecule has 0 unspecified atom stereocenters. The van der Waals surface area contributed by atoms with Gasteiger partial charge in [0, 0.05) is 18.0 Å². The average Bonchev–Trinajstić information content (AvgIpc) is 2.81. The Morgan fingerprint density at radius 1 is 1.05 bits per heavy atom. The highest BCUT2D eigenvalue weighted by molar-refractivity contribution is 5.61. The van der Waals surface area contributed by atoms with E-state index in [2.05, 4.69) is 15.2 Å². The quantitative estimate of drug-likeness (QED) is 0.678. The van der Waals surface area contributed by atoms with Crippen LogP contribution in [0.5, 0.6) is 0 Å². The fourth-order valence-corrected chi connectivity index (χ4v) is 1.72. The van der Waals surface area contributed by atoms with Gasteiger partial charge in [0.2, 0.25) is 0 Å². The Balaban J connectivity index is 2.02. The fraction of sp³-hybridized carbons (Fsp3) is 0.0833. The lowest BCUT2D eigenvalue weighted by Crippen LogP contribution is -2.03. The van der Waals surface area contributed by atoms with E-state index in [1.54, 1.807) is 16.8 Å². The third-order valence-corrected chi connectivity index (χ3v) is 2.66.